The van der Waals surface area contributed by atoms with E-state index in [1.165, 1.54) is 40.7 Å². The Labute approximate surface area is 157 Å². The third kappa shape index (κ3) is 5.86. The van der Waals surface area contributed by atoms with Gasteiger partial charge in [0.05, 0.1) is 0 Å². The van der Waals surface area contributed by atoms with E-state index in [0.29, 0.717) is 6.54 Å². The molecule has 3 aromatic rings. The zero-order valence-electron chi connectivity index (χ0n) is 15.5. The van der Waals surface area contributed by atoms with E-state index in [0.717, 1.165) is 25.7 Å². The lowest BCUT2D eigenvalue weighted by atomic mass is 9.97. The smallest absolute Gasteiger partial charge is 0.0178 e. The number of hydrogen-bond acceptors (Lipinski definition) is 1. The summed E-state index contributed by atoms with van der Waals surface area (Å²) in [6.45, 7) is 0.623. The molecule has 0 unspecified atom stereocenters. The van der Waals surface area contributed by atoms with Crippen molar-refractivity contribution in [3.63, 3.8) is 0 Å². The van der Waals surface area contributed by atoms with Gasteiger partial charge in [0.15, 0.2) is 0 Å². The van der Waals surface area contributed by atoms with Gasteiger partial charge in [0.25, 0.3) is 0 Å². The molecule has 3 aromatic carbocycles. The Morgan fingerprint density at radius 2 is 0.846 bits per heavy atom. The molecule has 3 rings (SSSR count). The number of rotatable bonds is 9. The zero-order valence-corrected chi connectivity index (χ0v) is 15.5. The monoisotopic (exact) mass is 343 g/mol. The molecule has 0 spiro atoms. The predicted molar refractivity (Wildman–Crippen MR) is 111 cm³/mol. The molecule has 26 heavy (non-hydrogen) atoms. The van der Waals surface area contributed by atoms with Crippen LogP contribution in [0.25, 0.3) is 0 Å². The standard InChI is InChI=1S/C25H29N/c26-20-25-18-23(15-7-13-21-9-3-1-4-10-21)17-24(19-25)16-8-14-22-11-5-2-6-12-22/h1-6,9-12,17-19H,7-8,13-16,20,26H2. The average Bonchev–Trinajstić information content (AvgIpc) is 2.69. The van der Waals surface area contributed by atoms with Gasteiger partial charge in [0.2, 0.25) is 0 Å². The molecule has 0 bridgehead atoms. The first-order chi connectivity index (χ1) is 12.8. The molecule has 0 saturated heterocycles. The minimum Gasteiger partial charge on any atom is -0.326 e. The molecule has 0 aliphatic carbocycles. The second-order valence-electron chi connectivity index (χ2n) is 7.04. The Hall–Kier alpha value is -2.38. The van der Waals surface area contributed by atoms with E-state index in [9.17, 15) is 0 Å². The summed E-state index contributed by atoms with van der Waals surface area (Å²) in [5.74, 6) is 0. The van der Waals surface area contributed by atoms with Gasteiger partial charge in [-0.3, -0.25) is 0 Å². The fraction of sp³-hybridized carbons (Fsp3) is 0.280. The fourth-order valence-electron chi connectivity index (χ4n) is 3.53. The van der Waals surface area contributed by atoms with E-state index < -0.39 is 0 Å². The molecule has 0 aromatic heterocycles. The lowest BCUT2D eigenvalue weighted by molar-refractivity contribution is 0.800. The van der Waals surface area contributed by atoms with Crippen LogP contribution in [0.4, 0.5) is 0 Å². The van der Waals surface area contributed by atoms with Crippen molar-refractivity contribution in [1.29, 1.82) is 0 Å². The highest BCUT2D eigenvalue weighted by atomic mass is 14.5. The zero-order chi connectivity index (χ0) is 18.0. The number of aryl methyl sites for hydroxylation is 4. The highest BCUT2D eigenvalue weighted by Gasteiger charge is 2.03. The van der Waals surface area contributed by atoms with Crippen molar-refractivity contribution in [2.45, 2.75) is 45.1 Å². The lowest BCUT2D eigenvalue weighted by Crippen LogP contribution is -2.01. The van der Waals surface area contributed by atoms with Gasteiger partial charge in [-0.25, -0.2) is 0 Å². The third-order valence-electron chi connectivity index (χ3n) is 4.90. The SMILES string of the molecule is NCc1cc(CCCc2ccccc2)cc(CCCc2ccccc2)c1. The predicted octanol–water partition coefficient (Wildman–Crippen LogP) is 5.50. The molecule has 0 heterocycles. The Bertz CT molecular complexity index is 714. The Balaban J connectivity index is 1.55. The number of nitrogens with two attached hydrogens (primary N) is 1. The first-order valence-corrected chi connectivity index (χ1v) is 9.73. The quantitative estimate of drug-likeness (QED) is 0.546. The van der Waals surface area contributed by atoms with Gasteiger partial charge in [0.1, 0.15) is 0 Å². The summed E-state index contributed by atoms with van der Waals surface area (Å²) in [5, 5.41) is 0. The molecule has 0 amide bonds. The Kier molecular flexibility index (Phi) is 7.04. The Morgan fingerprint density at radius 1 is 0.462 bits per heavy atom. The second-order valence-corrected chi connectivity index (χ2v) is 7.04. The van der Waals surface area contributed by atoms with E-state index in [-0.39, 0.29) is 0 Å². The van der Waals surface area contributed by atoms with Crippen LogP contribution >= 0.6 is 0 Å². The van der Waals surface area contributed by atoms with Crippen LogP contribution in [0, 0.1) is 0 Å². The van der Waals surface area contributed by atoms with Crippen LogP contribution in [0.1, 0.15) is 40.7 Å². The van der Waals surface area contributed by atoms with Crippen molar-refractivity contribution in [3.05, 3.63) is 107 Å². The van der Waals surface area contributed by atoms with Crippen LogP contribution in [0.5, 0.6) is 0 Å². The molecule has 0 atom stereocenters. The molecule has 2 N–H and O–H groups in total. The Morgan fingerprint density at radius 3 is 1.27 bits per heavy atom. The molecule has 0 fully saturated rings. The molecule has 0 radical (unpaired) electrons. The third-order valence-corrected chi connectivity index (χ3v) is 4.90. The number of hydrogen-bond donors (Lipinski definition) is 1. The van der Waals surface area contributed by atoms with Crippen LogP contribution in [-0.2, 0) is 32.2 Å². The maximum absolute atomic E-state index is 5.93. The van der Waals surface area contributed by atoms with Crippen LogP contribution < -0.4 is 5.73 Å². The number of benzene rings is 3. The van der Waals surface area contributed by atoms with Crippen LogP contribution in [0.3, 0.4) is 0 Å². The van der Waals surface area contributed by atoms with Crippen molar-refractivity contribution in [2.75, 3.05) is 0 Å². The van der Waals surface area contributed by atoms with Crippen molar-refractivity contribution in [1.82, 2.24) is 0 Å². The fourth-order valence-corrected chi connectivity index (χ4v) is 3.53. The van der Waals surface area contributed by atoms with E-state index in [1.54, 1.807) is 0 Å². The minimum atomic E-state index is 0.623. The van der Waals surface area contributed by atoms with Crippen molar-refractivity contribution in [3.8, 4) is 0 Å². The van der Waals surface area contributed by atoms with Gasteiger partial charge in [-0.1, -0.05) is 78.9 Å². The second kappa shape index (κ2) is 9.94. The molecule has 1 heteroatoms. The summed E-state index contributed by atoms with van der Waals surface area (Å²) in [6.07, 6.45) is 6.87. The largest absolute Gasteiger partial charge is 0.326 e. The molecule has 0 saturated carbocycles. The lowest BCUT2D eigenvalue weighted by Gasteiger charge is -2.10. The normalized spacial score (nSPS) is 10.8. The van der Waals surface area contributed by atoms with Gasteiger partial charge >= 0.3 is 0 Å². The van der Waals surface area contributed by atoms with Crippen molar-refractivity contribution >= 4 is 0 Å². The van der Waals surface area contributed by atoms with Gasteiger partial charge < -0.3 is 5.73 Å². The first kappa shape index (κ1) is 18.4. The average molecular weight is 344 g/mol. The summed E-state index contributed by atoms with van der Waals surface area (Å²) in [7, 11) is 0. The maximum atomic E-state index is 5.93. The topological polar surface area (TPSA) is 26.0 Å². The summed E-state index contributed by atoms with van der Waals surface area (Å²) < 4.78 is 0. The molecule has 134 valence electrons. The first-order valence-electron chi connectivity index (χ1n) is 9.73. The molecular weight excluding hydrogens is 314 g/mol. The summed E-state index contributed by atoms with van der Waals surface area (Å²) in [4.78, 5) is 0. The summed E-state index contributed by atoms with van der Waals surface area (Å²) in [5.41, 5.74) is 12.9. The minimum absolute atomic E-state index is 0.623. The van der Waals surface area contributed by atoms with Gasteiger partial charge in [-0.15, -0.1) is 0 Å². The van der Waals surface area contributed by atoms with Crippen LogP contribution in [-0.4, -0.2) is 0 Å². The summed E-state index contributed by atoms with van der Waals surface area (Å²) in [6, 6.07) is 28.4. The highest BCUT2D eigenvalue weighted by molar-refractivity contribution is 5.31. The van der Waals surface area contributed by atoms with Crippen molar-refractivity contribution < 1.29 is 0 Å². The van der Waals surface area contributed by atoms with Crippen LogP contribution in [0.15, 0.2) is 78.9 Å². The maximum Gasteiger partial charge on any atom is 0.0178 e. The highest BCUT2D eigenvalue weighted by Crippen LogP contribution is 2.16. The molecular formula is C25H29N. The van der Waals surface area contributed by atoms with E-state index in [2.05, 4.69) is 78.9 Å². The van der Waals surface area contributed by atoms with Crippen molar-refractivity contribution in [2.24, 2.45) is 5.73 Å². The van der Waals surface area contributed by atoms with E-state index in [4.69, 9.17) is 5.73 Å². The van der Waals surface area contributed by atoms with Gasteiger partial charge in [0, 0.05) is 6.54 Å². The molecule has 0 aliphatic rings. The molecule has 0 aliphatic heterocycles. The van der Waals surface area contributed by atoms with E-state index >= 15 is 0 Å². The van der Waals surface area contributed by atoms with Gasteiger partial charge in [-0.05, 0) is 66.3 Å². The van der Waals surface area contributed by atoms with Gasteiger partial charge in [-0.2, -0.15) is 0 Å². The van der Waals surface area contributed by atoms with Crippen LogP contribution in [0.2, 0.25) is 0 Å². The summed E-state index contributed by atoms with van der Waals surface area (Å²) >= 11 is 0. The molecule has 1 nitrogen and oxygen atoms in total. The van der Waals surface area contributed by atoms with E-state index in [1.807, 2.05) is 0 Å².